The van der Waals surface area contributed by atoms with Crippen LogP contribution in [0.2, 0.25) is 0 Å². The second-order valence-corrected chi connectivity index (χ2v) is 5.45. The van der Waals surface area contributed by atoms with Crippen LogP contribution in [-0.2, 0) is 11.2 Å². The first-order valence-electron chi connectivity index (χ1n) is 7.79. The third kappa shape index (κ3) is 6.15. The van der Waals surface area contributed by atoms with E-state index < -0.39 is 0 Å². The van der Waals surface area contributed by atoms with Crippen LogP contribution in [0.25, 0.3) is 0 Å². The molecule has 0 bridgehead atoms. The summed E-state index contributed by atoms with van der Waals surface area (Å²) in [6.07, 6.45) is 0.736. The van der Waals surface area contributed by atoms with Crippen LogP contribution in [-0.4, -0.2) is 56.0 Å². The van der Waals surface area contributed by atoms with E-state index in [1.165, 1.54) is 17.0 Å². The van der Waals surface area contributed by atoms with Gasteiger partial charge < -0.3 is 16.0 Å². The third-order valence-electron chi connectivity index (χ3n) is 3.78. The Labute approximate surface area is 163 Å². The van der Waals surface area contributed by atoms with E-state index in [1.54, 1.807) is 13.1 Å². The molecule has 1 heterocycles. The van der Waals surface area contributed by atoms with E-state index in [0.717, 1.165) is 17.5 Å². The number of carbonyl (C=O) groups excluding carboxylic acids is 2. The maximum absolute atomic E-state index is 13.1. The fourth-order valence-corrected chi connectivity index (χ4v) is 2.44. The van der Waals surface area contributed by atoms with E-state index >= 15 is 0 Å². The zero-order valence-electron chi connectivity index (χ0n) is 14.3. The normalized spacial score (nSPS) is 14.2. The summed E-state index contributed by atoms with van der Waals surface area (Å²) < 4.78 is 13.1. The molecule has 1 aromatic rings. The van der Waals surface area contributed by atoms with Gasteiger partial charge in [-0.3, -0.25) is 14.7 Å². The minimum absolute atomic E-state index is 0. The van der Waals surface area contributed by atoms with Crippen molar-refractivity contribution >= 4 is 41.9 Å². The Morgan fingerprint density at radius 2 is 2.04 bits per heavy atom. The number of amides is 3. The van der Waals surface area contributed by atoms with Crippen LogP contribution in [0.15, 0.2) is 23.2 Å². The molecule has 25 heavy (non-hydrogen) atoms. The number of aliphatic imine (C=N–C) groups is 1. The number of carbonyl (C=O) groups is 2. The van der Waals surface area contributed by atoms with Gasteiger partial charge in [0.05, 0.1) is 6.54 Å². The second-order valence-electron chi connectivity index (χ2n) is 5.45. The van der Waals surface area contributed by atoms with Crippen molar-refractivity contribution < 1.29 is 14.0 Å². The van der Waals surface area contributed by atoms with E-state index in [0.29, 0.717) is 19.0 Å². The van der Waals surface area contributed by atoms with E-state index in [-0.39, 0.29) is 54.8 Å². The van der Waals surface area contributed by atoms with Crippen LogP contribution < -0.4 is 16.0 Å². The van der Waals surface area contributed by atoms with Crippen molar-refractivity contribution in [1.82, 2.24) is 20.9 Å². The van der Waals surface area contributed by atoms with Gasteiger partial charge in [-0.1, -0.05) is 6.07 Å². The van der Waals surface area contributed by atoms with Crippen LogP contribution in [0.5, 0.6) is 0 Å². The quantitative estimate of drug-likeness (QED) is 0.255. The summed E-state index contributed by atoms with van der Waals surface area (Å²) in [5.41, 5.74) is 1.98. The molecule has 3 amide bonds. The number of nitrogens with one attached hydrogen (secondary N) is 3. The Morgan fingerprint density at radius 3 is 2.64 bits per heavy atom. The van der Waals surface area contributed by atoms with Gasteiger partial charge in [0.25, 0.3) is 0 Å². The summed E-state index contributed by atoms with van der Waals surface area (Å²) in [6, 6.07) is 4.38. The van der Waals surface area contributed by atoms with Crippen LogP contribution in [0.1, 0.15) is 11.1 Å². The molecule has 1 aliphatic heterocycles. The first kappa shape index (κ1) is 21.1. The molecule has 7 nitrogen and oxygen atoms in total. The minimum atomic E-state index is -0.364. The molecular formula is C16H23FIN5O2. The molecule has 0 saturated carbocycles. The predicted molar refractivity (Wildman–Crippen MR) is 105 cm³/mol. The maximum Gasteiger partial charge on any atom is 0.324 e. The van der Waals surface area contributed by atoms with Crippen molar-refractivity contribution in [2.45, 2.75) is 13.3 Å². The van der Waals surface area contributed by atoms with Crippen molar-refractivity contribution in [3.05, 3.63) is 35.1 Å². The second kappa shape index (κ2) is 10.2. The minimum Gasteiger partial charge on any atom is -0.356 e. The highest BCUT2D eigenvalue weighted by Gasteiger charge is 2.27. The fraction of sp³-hybridized carbons (Fsp3) is 0.438. The average Bonchev–Trinajstić information content (AvgIpc) is 2.87. The number of hydrogen-bond acceptors (Lipinski definition) is 3. The number of imide groups is 1. The summed E-state index contributed by atoms with van der Waals surface area (Å²) >= 11 is 0. The Hall–Kier alpha value is -1.91. The molecule has 0 unspecified atom stereocenters. The van der Waals surface area contributed by atoms with Gasteiger partial charge in [-0.05, 0) is 36.6 Å². The highest BCUT2D eigenvalue weighted by molar-refractivity contribution is 14.0. The highest BCUT2D eigenvalue weighted by Crippen LogP contribution is 2.10. The molecule has 1 aliphatic rings. The summed E-state index contributed by atoms with van der Waals surface area (Å²) in [4.78, 5) is 28.1. The van der Waals surface area contributed by atoms with Crippen molar-refractivity contribution in [3.63, 3.8) is 0 Å². The van der Waals surface area contributed by atoms with Crippen LogP contribution in [0.4, 0.5) is 9.18 Å². The van der Waals surface area contributed by atoms with Crippen molar-refractivity contribution in [1.29, 1.82) is 0 Å². The van der Waals surface area contributed by atoms with E-state index in [1.807, 2.05) is 6.92 Å². The predicted octanol–water partition coefficient (Wildman–Crippen LogP) is 1.01. The van der Waals surface area contributed by atoms with Crippen molar-refractivity contribution in [3.8, 4) is 0 Å². The SMILES string of the molecule is CN=C(NCCc1ccc(F)cc1C)NCCN1C(=O)CNC1=O.I. The van der Waals surface area contributed by atoms with Gasteiger partial charge in [0.1, 0.15) is 5.82 Å². The van der Waals surface area contributed by atoms with Gasteiger partial charge in [-0.25, -0.2) is 9.18 Å². The Balaban J connectivity index is 0.00000312. The molecule has 0 radical (unpaired) electrons. The molecule has 1 fully saturated rings. The number of benzene rings is 1. The summed E-state index contributed by atoms with van der Waals surface area (Å²) in [6.45, 7) is 3.26. The fourth-order valence-electron chi connectivity index (χ4n) is 2.44. The topological polar surface area (TPSA) is 85.8 Å². The largest absolute Gasteiger partial charge is 0.356 e. The first-order valence-corrected chi connectivity index (χ1v) is 7.79. The van der Waals surface area contributed by atoms with Crippen LogP contribution >= 0.6 is 24.0 Å². The lowest BCUT2D eigenvalue weighted by molar-refractivity contribution is -0.124. The number of hydrogen-bond donors (Lipinski definition) is 3. The molecule has 1 saturated heterocycles. The Morgan fingerprint density at radius 1 is 1.32 bits per heavy atom. The zero-order valence-corrected chi connectivity index (χ0v) is 16.6. The molecular weight excluding hydrogens is 440 g/mol. The van der Waals surface area contributed by atoms with Gasteiger partial charge in [-0.2, -0.15) is 0 Å². The molecule has 1 aromatic carbocycles. The van der Waals surface area contributed by atoms with Gasteiger partial charge in [0.15, 0.2) is 5.96 Å². The summed E-state index contributed by atoms with van der Waals surface area (Å²) in [7, 11) is 1.65. The molecule has 0 aliphatic carbocycles. The lowest BCUT2D eigenvalue weighted by atomic mass is 10.1. The third-order valence-corrected chi connectivity index (χ3v) is 3.78. The molecule has 138 valence electrons. The molecule has 9 heteroatoms. The van der Waals surface area contributed by atoms with Gasteiger partial charge in [0.2, 0.25) is 5.91 Å². The van der Waals surface area contributed by atoms with E-state index in [4.69, 9.17) is 0 Å². The summed E-state index contributed by atoms with van der Waals surface area (Å²) in [5.74, 6) is 0.125. The number of nitrogens with zero attached hydrogens (tertiary/aromatic N) is 2. The Kier molecular flexibility index (Phi) is 8.59. The summed E-state index contributed by atoms with van der Waals surface area (Å²) in [5, 5.41) is 8.67. The van der Waals surface area contributed by atoms with Gasteiger partial charge >= 0.3 is 6.03 Å². The molecule has 0 spiro atoms. The molecule has 3 N–H and O–H groups in total. The van der Waals surface area contributed by atoms with E-state index in [9.17, 15) is 14.0 Å². The molecule has 2 rings (SSSR count). The van der Waals surface area contributed by atoms with Crippen LogP contribution in [0.3, 0.4) is 0 Å². The average molecular weight is 463 g/mol. The number of urea groups is 1. The zero-order chi connectivity index (χ0) is 17.5. The number of halogens is 2. The smallest absolute Gasteiger partial charge is 0.324 e. The van der Waals surface area contributed by atoms with Crippen molar-refractivity contribution in [2.75, 3.05) is 33.2 Å². The Bertz CT molecular complexity index is 637. The lowest BCUT2D eigenvalue weighted by Crippen LogP contribution is -2.43. The van der Waals surface area contributed by atoms with Gasteiger partial charge in [-0.15, -0.1) is 24.0 Å². The number of aryl methyl sites for hydroxylation is 1. The molecule has 0 atom stereocenters. The lowest BCUT2D eigenvalue weighted by Gasteiger charge is -2.15. The maximum atomic E-state index is 13.1. The van der Waals surface area contributed by atoms with Crippen molar-refractivity contribution in [2.24, 2.45) is 4.99 Å². The first-order chi connectivity index (χ1) is 11.5. The highest BCUT2D eigenvalue weighted by atomic mass is 127. The molecule has 0 aromatic heterocycles. The van der Waals surface area contributed by atoms with Crippen LogP contribution in [0, 0.1) is 12.7 Å². The number of rotatable bonds is 6. The van der Waals surface area contributed by atoms with E-state index in [2.05, 4.69) is 20.9 Å². The van der Waals surface area contributed by atoms with Gasteiger partial charge in [0, 0.05) is 26.7 Å². The number of guanidine groups is 1. The standard InChI is InChI=1S/C16H22FN5O2.HI/c1-11-9-13(17)4-3-12(11)5-6-19-15(18-2)20-7-8-22-14(23)10-21-16(22)24;/h3-4,9H,5-8,10H2,1-2H3,(H,21,24)(H2,18,19,20);1H. The monoisotopic (exact) mass is 463 g/mol.